The lowest BCUT2D eigenvalue weighted by atomic mass is 10.0. The molecule has 0 bridgehead atoms. The molecule has 114 valence electrons. The van der Waals surface area contributed by atoms with Crippen LogP contribution in [-0.2, 0) is 14.3 Å². The van der Waals surface area contributed by atoms with E-state index in [4.69, 9.17) is 0 Å². The fraction of sp³-hybridized carbons (Fsp3) is 0.765. The van der Waals surface area contributed by atoms with Crippen LogP contribution >= 0.6 is 0 Å². The van der Waals surface area contributed by atoms with E-state index in [2.05, 4.69) is 23.8 Å². The first-order chi connectivity index (χ1) is 9.74. The van der Waals surface area contributed by atoms with Gasteiger partial charge in [-0.1, -0.05) is 51.2 Å². The van der Waals surface area contributed by atoms with Gasteiger partial charge < -0.3 is 4.74 Å². The van der Waals surface area contributed by atoms with Crippen LogP contribution < -0.4 is 0 Å². The van der Waals surface area contributed by atoms with Crippen LogP contribution in [0, 0.1) is 5.92 Å². The van der Waals surface area contributed by atoms with Gasteiger partial charge >= 0.3 is 11.9 Å². The van der Waals surface area contributed by atoms with E-state index in [-0.39, 0.29) is 24.3 Å². The normalized spacial score (nSPS) is 18.9. The Morgan fingerprint density at radius 1 is 1.00 bits per heavy atom. The highest BCUT2D eigenvalue weighted by Gasteiger charge is 2.32. The molecule has 1 aliphatic rings. The van der Waals surface area contributed by atoms with Crippen molar-refractivity contribution in [2.75, 3.05) is 0 Å². The van der Waals surface area contributed by atoms with Crippen LogP contribution in [0.5, 0.6) is 0 Å². The van der Waals surface area contributed by atoms with Crippen LogP contribution in [0.2, 0.25) is 0 Å². The quantitative estimate of drug-likeness (QED) is 0.241. The van der Waals surface area contributed by atoms with E-state index < -0.39 is 0 Å². The maximum absolute atomic E-state index is 11.2. The highest BCUT2D eigenvalue weighted by atomic mass is 16.6. The van der Waals surface area contributed by atoms with Crippen molar-refractivity contribution in [1.29, 1.82) is 0 Å². The van der Waals surface area contributed by atoms with E-state index in [1.807, 2.05) is 0 Å². The zero-order chi connectivity index (χ0) is 14.6. The predicted octanol–water partition coefficient (Wildman–Crippen LogP) is 4.55. The van der Waals surface area contributed by atoms with E-state index in [0.29, 0.717) is 0 Å². The standard InChI is InChI=1S/C17H28O3/c1-2-3-4-5-6-7-8-9-10-11-12-13-15-14-16(18)20-17(15)19/h9-10,15H,2-8,11-14H2,1H3/b10-9+. The first-order valence-corrected chi connectivity index (χ1v) is 8.13. The zero-order valence-corrected chi connectivity index (χ0v) is 12.7. The molecule has 1 atom stereocenters. The van der Waals surface area contributed by atoms with Gasteiger partial charge in [-0.25, -0.2) is 0 Å². The lowest BCUT2D eigenvalue weighted by Gasteiger charge is -2.01. The maximum atomic E-state index is 11.2. The van der Waals surface area contributed by atoms with Gasteiger partial charge in [0, 0.05) is 0 Å². The molecular weight excluding hydrogens is 252 g/mol. The van der Waals surface area contributed by atoms with Gasteiger partial charge in [0.25, 0.3) is 0 Å². The lowest BCUT2D eigenvalue weighted by molar-refractivity contribution is -0.153. The lowest BCUT2D eigenvalue weighted by Crippen LogP contribution is -2.06. The molecule has 0 aliphatic carbocycles. The number of carbonyl (C=O) groups excluding carboxylic acids is 2. The number of hydrogen-bond donors (Lipinski definition) is 0. The third-order valence-corrected chi connectivity index (χ3v) is 3.78. The van der Waals surface area contributed by atoms with Crippen LogP contribution in [0.25, 0.3) is 0 Å². The second-order valence-corrected chi connectivity index (χ2v) is 5.65. The van der Waals surface area contributed by atoms with Crippen LogP contribution in [-0.4, -0.2) is 11.9 Å². The third-order valence-electron chi connectivity index (χ3n) is 3.78. The van der Waals surface area contributed by atoms with Crippen molar-refractivity contribution in [2.45, 2.75) is 77.6 Å². The highest BCUT2D eigenvalue weighted by Crippen LogP contribution is 2.21. The van der Waals surface area contributed by atoms with Gasteiger partial charge in [-0.3, -0.25) is 9.59 Å². The third kappa shape index (κ3) is 7.46. The van der Waals surface area contributed by atoms with E-state index in [1.54, 1.807) is 0 Å². The minimum absolute atomic E-state index is 0.186. The number of unbranched alkanes of at least 4 members (excludes halogenated alkanes) is 7. The van der Waals surface area contributed by atoms with E-state index in [9.17, 15) is 9.59 Å². The van der Waals surface area contributed by atoms with Crippen LogP contribution in [0.1, 0.15) is 77.6 Å². The second-order valence-electron chi connectivity index (χ2n) is 5.65. The Labute approximate surface area is 122 Å². The molecule has 1 rings (SSSR count). The molecule has 0 spiro atoms. The molecule has 0 aromatic heterocycles. The summed E-state index contributed by atoms with van der Waals surface area (Å²) < 4.78 is 4.53. The van der Waals surface area contributed by atoms with Gasteiger partial charge in [0.2, 0.25) is 0 Å². The van der Waals surface area contributed by atoms with Crippen molar-refractivity contribution < 1.29 is 14.3 Å². The summed E-state index contributed by atoms with van der Waals surface area (Å²) in [4.78, 5) is 22.1. The van der Waals surface area contributed by atoms with Gasteiger partial charge in [0.1, 0.15) is 0 Å². The molecule has 1 saturated heterocycles. The van der Waals surface area contributed by atoms with Gasteiger partial charge in [0.05, 0.1) is 12.3 Å². The fourth-order valence-electron chi connectivity index (χ4n) is 2.50. The van der Waals surface area contributed by atoms with Gasteiger partial charge in [-0.2, -0.15) is 0 Å². The smallest absolute Gasteiger partial charge is 0.317 e. The van der Waals surface area contributed by atoms with Crippen molar-refractivity contribution in [1.82, 2.24) is 0 Å². The SMILES string of the molecule is CCCCCCCC/C=C/CCCC1CC(=O)OC1=O. The largest absolute Gasteiger partial charge is 0.393 e. The van der Waals surface area contributed by atoms with Gasteiger partial charge in [-0.05, 0) is 32.1 Å². The minimum Gasteiger partial charge on any atom is -0.393 e. The molecule has 20 heavy (non-hydrogen) atoms. The van der Waals surface area contributed by atoms with Crippen molar-refractivity contribution in [3.05, 3.63) is 12.2 Å². The number of esters is 2. The average molecular weight is 280 g/mol. The Kier molecular flexibility index (Phi) is 9.01. The highest BCUT2D eigenvalue weighted by molar-refractivity contribution is 5.94. The van der Waals surface area contributed by atoms with Crippen molar-refractivity contribution in [2.24, 2.45) is 5.92 Å². The van der Waals surface area contributed by atoms with Crippen LogP contribution in [0.3, 0.4) is 0 Å². The van der Waals surface area contributed by atoms with Crippen LogP contribution in [0.4, 0.5) is 0 Å². The molecule has 3 nitrogen and oxygen atoms in total. The predicted molar refractivity (Wildman–Crippen MR) is 80.2 cm³/mol. The first-order valence-electron chi connectivity index (χ1n) is 8.13. The van der Waals surface area contributed by atoms with Crippen molar-refractivity contribution in [3.8, 4) is 0 Å². The monoisotopic (exact) mass is 280 g/mol. The molecule has 0 aromatic rings. The fourth-order valence-corrected chi connectivity index (χ4v) is 2.50. The number of allylic oxidation sites excluding steroid dienone is 2. The van der Waals surface area contributed by atoms with Crippen molar-refractivity contribution >= 4 is 11.9 Å². The number of cyclic esters (lactones) is 2. The summed E-state index contributed by atoms with van der Waals surface area (Å²) in [6.45, 7) is 2.24. The Bertz CT molecular complexity index is 320. The number of rotatable bonds is 11. The van der Waals surface area contributed by atoms with Crippen LogP contribution in [0.15, 0.2) is 12.2 Å². The van der Waals surface area contributed by atoms with Gasteiger partial charge in [-0.15, -0.1) is 0 Å². The van der Waals surface area contributed by atoms with Gasteiger partial charge in [0.15, 0.2) is 0 Å². The Morgan fingerprint density at radius 3 is 2.30 bits per heavy atom. The number of ether oxygens (including phenoxy) is 1. The molecular formula is C17H28O3. The Morgan fingerprint density at radius 2 is 1.65 bits per heavy atom. The second kappa shape index (κ2) is 10.6. The summed E-state index contributed by atoms with van der Waals surface area (Å²) in [7, 11) is 0. The molecule has 3 heteroatoms. The zero-order valence-electron chi connectivity index (χ0n) is 12.7. The summed E-state index contributed by atoms with van der Waals surface area (Å²) in [6.07, 6.45) is 16.6. The summed E-state index contributed by atoms with van der Waals surface area (Å²) in [5, 5.41) is 0. The van der Waals surface area contributed by atoms with E-state index in [0.717, 1.165) is 25.7 Å². The Balaban J connectivity index is 1.90. The molecule has 0 saturated carbocycles. The molecule has 0 N–H and O–H groups in total. The minimum atomic E-state index is -0.362. The Hall–Kier alpha value is -1.12. The number of hydrogen-bond acceptors (Lipinski definition) is 3. The van der Waals surface area contributed by atoms with E-state index >= 15 is 0 Å². The topological polar surface area (TPSA) is 43.4 Å². The molecule has 1 unspecified atom stereocenters. The molecule has 1 heterocycles. The molecule has 0 amide bonds. The summed E-state index contributed by atoms with van der Waals surface area (Å²) in [5.41, 5.74) is 0. The van der Waals surface area contributed by atoms with Crippen molar-refractivity contribution in [3.63, 3.8) is 0 Å². The maximum Gasteiger partial charge on any atom is 0.317 e. The molecule has 1 fully saturated rings. The summed E-state index contributed by atoms with van der Waals surface area (Å²) in [6, 6.07) is 0. The number of carbonyl (C=O) groups is 2. The average Bonchev–Trinajstić information content (AvgIpc) is 2.74. The summed E-state index contributed by atoms with van der Waals surface area (Å²) in [5.74, 6) is -0.876. The molecule has 1 aliphatic heterocycles. The molecule has 0 aromatic carbocycles. The molecule has 0 radical (unpaired) electrons. The summed E-state index contributed by atoms with van der Waals surface area (Å²) >= 11 is 0. The van der Waals surface area contributed by atoms with E-state index in [1.165, 1.54) is 38.5 Å². The first kappa shape index (κ1) is 16.9.